The SMILES string of the molecule is CCC(C(C(=O)OC)C(C(=O)OCC(C)C)C(CC)N1CCCC1=O)N1CCCC1=O. The number of rotatable bonds is 11. The van der Waals surface area contributed by atoms with Gasteiger partial charge in [-0.1, -0.05) is 27.7 Å². The van der Waals surface area contributed by atoms with E-state index in [1.807, 2.05) is 27.7 Å². The number of ether oxygens (including phenoxy) is 2. The maximum absolute atomic E-state index is 13.4. The topological polar surface area (TPSA) is 93.2 Å². The fourth-order valence-corrected chi connectivity index (χ4v) is 4.94. The highest BCUT2D eigenvalue weighted by Gasteiger charge is 2.50. The fraction of sp³-hybridized carbons (Fsp3) is 0.826. The summed E-state index contributed by atoms with van der Waals surface area (Å²) in [7, 11) is 1.30. The molecule has 0 saturated carbocycles. The summed E-state index contributed by atoms with van der Waals surface area (Å²) < 4.78 is 10.8. The zero-order valence-electron chi connectivity index (χ0n) is 19.6. The van der Waals surface area contributed by atoms with Crippen LogP contribution < -0.4 is 0 Å². The number of hydrogen-bond acceptors (Lipinski definition) is 6. The molecular formula is C23H38N2O6. The normalized spacial score (nSPS) is 20.7. The first kappa shape index (κ1) is 25.1. The molecule has 0 aliphatic carbocycles. The Morgan fingerprint density at radius 2 is 1.32 bits per heavy atom. The van der Waals surface area contributed by atoms with Gasteiger partial charge in [0.05, 0.1) is 25.6 Å². The van der Waals surface area contributed by atoms with Crippen molar-refractivity contribution in [3.05, 3.63) is 0 Å². The maximum atomic E-state index is 13.4. The van der Waals surface area contributed by atoms with Gasteiger partial charge in [-0.2, -0.15) is 0 Å². The molecule has 31 heavy (non-hydrogen) atoms. The summed E-state index contributed by atoms with van der Waals surface area (Å²) in [5.74, 6) is -2.71. The predicted molar refractivity (Wildman–Crippen MR) is 115 cm³/mol. The number of nitrogens with zero attached hydrogens (tertiary/aromatic N) is 2. The van der Waals surface area contributed by atoms with Crippen molar-refractivity contribution in [1.82, 2.24) is 9.80 Å². The van der Waals surface area contributed by atoms with Crippen molar-refractivity contribution in [3.63, 3.8) is 0 Å². The van der Waals surface area contributed by atoms with Crippen molar-refractivity contribution in [2.75, 3.05) is 26.8 Å². The van der Waals surface area contributed by atoms with E-state index < -0.39 is 35.9 Å². The summed E-state index contributed by atoms with van der Waals surface area (Å²) in [6, 6.07) is -0.962. The van der Waals surface area contributed by atoms with Gasteiger partial charge >= 0.3 is 11.9 Å². The van der Waals surface area contributed by atoms with Crippen LogP contribution in [0.4, 0.5) is 0 Å². The van der Waals surface area contributed by atoms with Crippen LogP contribution in [0.1, 0.15) is 66.2 Å². The number of methoxy groups -OCH3 is 1. The molecule has 2 fully saturated rings. The van der Waals surface area contributed by atoms with E-state index in [9.17, 15) is 19.2 Å². The molecule has 0 bridgehead atoms. The van der Waals surface area contributed by atoms with Gasteiger partial charge in [0.1, 0.15) is 0 Å². The van der Waals surface area contributed by atoms with Crippen LogP contribution >= 0.6 is 0 Å². The first-order chi connectivity index (χ1) is 14.8. The number of amides is 2. The zero-order chi connectivity index (χ0) is 23.1. The van der Waals surface area contributed by atoms with E-state index in [1.54, 1.807) is 9.80 Å². The van der Waals surface area contributed by atoms with E-state index in [4.69, 9.17) is 9.47 Å². The van der Waals surface area contributed by atoms with Crippen molar-refractivity contribution < 1.29 is 28.7 Å². The molecule has 0 aromatic heterocycles. The van der Waals surface area contributed by atoms with Gasteiger partial charge in [-0.05, 0) is 31.6 Å². The molecule has 0 spiro atoms. The second kappa shape index (κ2) is 11.5. The van der Waals surface area contributed by atoms with Crippen molar-refractivity contribution in [1.29, 1.82) is 0 Å². The second-order valence-corrected chi connectivity index (χ2v) is 8.93. The van der Waals surface area contributed by atoms with Crippen molar-refractivity contribution in [3.8, 4) is 0 Å². The standard InChI is InChI=1S/C23H38N2O6/c1-6-16(24-12-8-10-18(24)26)20(22(28)30-5)21(23(29)31-14-15(3)4)17(7-2)25-13-9-11-19(25)27/h15-17,20-21H,6-14H2,1-5H3. The van der Waals surface area contributed by atoms with Crippen LogP contribution in [0.15, 0.2) is 0 Å². The molecule has 2 amide bonds. The van der Waals surface area contributed by atoms with Gasteiger partial charge in [-0.3, -0.25) is 19.2 Å². The Balaban J connectivity index is 2.50. The summed E-state index contributed by atoms with van der Waals surface area (Å²) in [6.45, 7) is 9.04. The molecule has 0 radical (unpaired) electrons. The Bertz CT molecular complexity index is 664. The number of carbonyl (C=O) groups excluding carboxylic acids is 4. The number of carbonyl (C=O) groups is 4. The third-order valence-corrected chi connectivity index (χ3v) is 6.38. The average molecular weight is 439 g/mol. The van der Waals surface area contributed by atoms with Crippen molar-refractivity contribution >= 4 is 23.8 Å². The molecule has 8 heteroatoms. The van der Waals surface area contributed by atoms with Gasteiger partial charge in [0.15, 0.2) is 0 Å². The molecule has 4 unspecified atom stereocenters. The predicted octanol–water partition coefficient (Wildman–Crippen LogP) is 2.39. The Morgan fingerprint density at radius 1 is 0.871 bits per heavy atom. The molecule has 2 aliphatic rings. The third-order valence-electron chi connectivity index (χ3n) is 6.38. The van der Waals surface area contributed by atoms with Crippen LogP contribution in [-0.2, 0) is 28.7 Å². The van der Waals surface area contributed by atoms with Gasteiger partial charge in [-0.15, -0.1) is 0 Å². The van der Waals surface area contributed by atoms with E-state index in [-0.39, 0.29) is 24.3 Å². The van der Waals surface area contributed by atoms with Crippen LogP contribution in [0.5, 0.6) is 0 Å². The Morgan fingerprint density at radius 3 is 1.65 bits per heavy atom. The van der Waals surface area contributed by atoms with Crippen LogP contribution in [-0.4, -0.2) is 72.4 Å². The Hall–Kier alpha value is -2.12. The lowest BCUT2D eigenvalue weighted by atomic mass is 9.77. The van der Waals surface area contributed by atoms with Crippen LogP contribution in [0, 0.1) is 17.8 Å². The third kappa shape index (κ3) is 5.77. The monoisotopic (exact) mass is 438 g/mol. The summed E-state index contributed by atoms with van der Waals surface area (Å²) in [5.41, 5.74) is 0. The summed E-state index contributed by atoms with van der Waals surface area (Å²) in [5, 5.41) is 0. The Labute approximate surface area is 185 Å². The molecule has 2 heterocycles. The largest absolute Gasteiger partial charge is 0.469 e. The highest BCUT2D eigenvalue weighted by atomic mass is 16.5. The lowest BCUT2D eigenvalue weighted by molar-refractivity contribution is -0.168. The fourth-order valence-electron chi connectivity index (χ4n) is 4.94. The molecule has 0 N–H and O–H groups in total. The van der Waals surface area contributed by atoms with E-state index in [2.05, 4.69) is 0 Å². The van der Waals surface area contributed by atoms with E-state index in [0.717, 1.165) is 12.8 Å². The summed E-state index contributed by atoms with van der Waals surface area (Å²) >= 11 is 0. The first-order valence-corrected chi connectivity index (χ1v) is 11.6. The van der Waals surface area contributed by atoms with Crippen LogP contribution in [0.3, 0.4) is 0 Å². The van der Waals surface area contributed by atoms with Gasteiger partial charge in [0.2, 0.25) is 11.8 Å². The molecular weight excluding hydrogens is 400 g/mol. The number of hydrogen-bond donors (Lipinski definition) is 0. The zero-order valence-corrected chi connectivity index (χ0v) is 19.6. The summed E-state index contributed by atoms with van der Waals surface area (Å²) in [4.78, 5) is 55.1. The smallest absolute Gasteiger partial charge is 0.312 e. The lowest BCUT2D eigenvalue weighted by Crippen LogP contribution is -2.55. The Kier molecular flexibility index (Phi) is 9.32. The molecule has 4 atom stereocenters. The lowest BCUT2D eigenvalue weighted by Gasteiger charge is -2.41. The van der Waals surface area contributed by atoms with E-state index >= 15 is 0 Å². The quantitative estimate of drug-likeness (QED) is 0.460. The average Bonchev–Trinajstić information content (AvgIpc) is 3.36. The van der Waals surface area contributed by atoms with Crippen LogP contribution in [0.25, 0.3) is 0 Å². The van der Waals surface area contributed by atoms with E-state index in [0.29, 0.717) is 38.8 Å². The minimum atomic E-state index is -0.893. The minimum Gasteiger partial charge on any atom is -0.469 e. The van der Waals surface area contributed by atoms with Gasteiger partial charge < -0.3 is 19.3 Å². The molecule has 2 rings (SSSR count). The molecule has 2 aliphatic heterocycles. The van der Waals surface area contributed by atoms with Crippen molar-refractivity contribution in [2.24, 2.45) is 17.8 Å². The van der Waals surface area contributed by atoms with Crippen LogP contribution in [0.2, 0.25) is 0 Å². The number of likely N-dealkylation sites (tertiary alicyclic amines) is 2. The maximum Gasteiger partial charge on any atom is 0.312 e. The number of esters is 2. The van der Waals surface area contributed by atoms with E-state index in [1.165, 1.54) is 7.11 Å². The highest BCUT2D eigenvalue weighted by molar-refractivity contribution is 5.86. The molecule has 0 aromatic carbocycles. The van der Waals surface area contributed by atoms with Gasteiger partial charge in [0, 0.05) is 38.0 Å². The molecule has 0 aromatic rings. The molecule has 176 valence electrons. The van der Waals surface area contributed by atoms with Gasteiger partial charge in [0.25, 0.3) is 0 Å². The minimum absolute atomic E-state index is 0.0116. The highest BCUT2D eigenvalue weighted by Crippen LogP contribution is 2.35. The van der Waals surface area contributed by atoms with Gasteiger partial charge in [-0.25, -0.2) is 0 Å². The summed E-state index contributed by atoms with van der Waals surface area (Å²) in [6.07, 6.45) is 3.35. The molecule has 2 saturated heterocycles. The van der Waals surface area contributed by atoms with Crippen molar-refractivity contribution in [2.45, 2.75) is 78.3 Å². The second-order valence-electron chi connectivity index (χ2n) is 8.93. The first-order valence-electron chi connectivity index (χ1n) is 11.6. The molecule has 8 nitrogen and oxygen atoms in total.